The van der Waals surface area contributed by atoms with Gasteiger partial charge in [-0.05, 0) is 61.4 Å². The molecular weight excluding hydrogens is 536 g/mol. The Morgan fingerprint density at radius 1 is 0.548 bits per heavy atom. The summed E-state index contributed by atoms with van der Waals surface area (Å²) in [5.74, 6) is -0.991. The van der Waals surface area contributed by atoms with Crippen molar-refractivity contribution in [3.05, 3.63) is 131 Å². The van der Waals surface area contributed by atoms with Crippen LogP contribution in [0.4, 0.5) is 0 Å². The minimum atomic E-state index is -0.480. The molecule has 2 aromatic carbocycles. The summed E-state index contributed by atoms with van der Waals surface area (Å²) in [7, 11) is 0. The summed E-state index contributed by atoms with van der Waals surface area (Å²) in [6, 6.07) is 23.8. The lowest BCUT2D eigenvalue weighted by Crippen LogP contribution is -2.36. The fraction of sp³-hybridized carbons (Fsp3) is 0.125. The largest absolute Gasteiger partial charge is 0.465 e. The number of hydrogen-bond donors (Lipinski definition) is 4. The summed E-state index contributed by atoms with van der Waals surface area (Å²) in [6.45, 7) is 0.594. The molecule has 0 radical (unpaired) electrons. The van der Waals surface area contributed by atoms with Crippen LogP contribution in [0.25, 0.3) is 12.2 Å². The molecule has 0 aliphatic carbocycles. The summed E-state index contributed by atoms with van der Waals surface area (Å²) >= 11 is 0. The van der Waals surface area contributed by atoms with Gasteiger partial charge in [-0.3, -0.25) is 19.2 Å². The van der Waals surface area contributed by atoms with Crippen molar-refractivity contribution < 1.29 is 28.0 Å². The Kier molecular flexibility index (Phi) is 10.6. The van der Waals surface area contributed by atoms with Gasteiger partial charge in [0, 0.05) is 36.4 Å². The van der Waals surface area contributed by atoms with Crippen molar-refractivity contribution in [1.29, 1.82) is 0 Å². The Hall–Kier alpha value is -5.64. The van der Waals surface area contributed by atoms with Gasteiger partial charge in [-0.1, -0.05) is 36.4 Å². The second-order valence-corrected chi connectivity index (χ2v) is 9.01. The standard InChI is InChI=1S/C32H30N4O6/c37-29(23-11-3-1-4-12-23)35-27(21-25-15-9-19-41-25)31(39)33-17-7-8-18-34-32(40)28(22-26-16-10-20-42-26)36-30(38)24-13-5-2-6-14-24/h1-6,9-16,19-22H,7-8,17-18H2,(H,33,39)(H,34,40)(H,35,37)(H,36,38)/b27-21+,28-22+. The number of unbranched alkanes of at least 4 members (excludes halogenated alkanes) is 1. The summed E-state index contributed by atoms with van der Waals surface area (Å²) in [5.41, 5.74) is 0.890. The number of furan rings is 2. The van der Waals surface area contributed by atoms with Gasteiger partial charge in [0.2, 0.25) is 0 Å². The molecule has 0 spiro atoms. The third-order valence-electron chi connectivity index (χ3n) is 5.89. The van der Waals surface area contributed by atoms with Gasteiger partial charge in [-0.2, -0.15) is 0 Å². The van der Waals surface area contributed by atoms with Gasteiger partial charge in [0.05, 0.1) is 12.5 Å². The van der Waals surface area contributed by atoms with Crippen LogP contribution < -0.4 is 21.3 Å². The molecule has 10 heteroatoms. The van der Waals surface area contributed by atoms with E-state index in [1.54, 1.807) is 84.9 Å². The van der Waals surface area contributed by atoms with Crippen LogP contribution in [0.15, 0.2) is 118 Å². The molecule has 0 atom stereocenters. The zero-order valence-corrected chi connectivity index (χ0v) is 22.7. The molecule has 4 amide bonds. The lowest BCUT2D eigenvalue weighted by molar-refractivity contribution is -0.118. The minimum absolute atomic E-state index is 0.0361. The highest BCUT2D eigenvalue weighted by Gasteiger charge is 2.16. The zero-order chi connectivity index (χ0) is 29.6. The summed E-state index contributed by atoms with van der Waals surface area (Å²) in [5, 5.41) is 10.8. The lowest BCUT2D eigenvalue weighted by Gasteiger charge is -2.12. The van der Waals surface area contributed by atoms with E-state index in [1.165, 1.54) is 24.7 Å². The first-order valence-electron chi connectivity index (χ1n) is 13.3. The summed E-state index contributed by atoms with van der Waals surface area (Å²) in [4.78, 5) is 51.0. The average Bonchev–Trinajstić information content (AvgIpc) is 3.73. The molecule has 214 valence electrons. The Balaban J connectivity index is 1.27. The van der Waals surface area contributed by atoms with Crippen molar-refractivity contribution in [2.75, 3.05) is 13.1 Å². The van der Waals surface area contributed by atoms with Gasteiger partial charge in [0.25, 0.3) is 23.6 Å². The highest BCUT2D eigenvalue weighted by Crippen LogP contribution is 2.09. The fourth-order valence-corrected chi connectivity index (χ4v) is 3.76. The number of amides is 4. The van der Waals surface area contributed by atoms with Crippen LogP contribution in [0, 0.1) is 0 Å². The van der Waals surface area contributed by atoms with Crippen molar-refractivity contribution in [3.63, 3.8) is 0 Å². The van der Waals surface area contributed by atoms with Gasteiger partial charge in [0.15, 0.2) is 0 Å². The Morgan fingerprint density at radius 3 is 1.31 bits per heavy atom. The van der Waals surface area contributed by atoms with Gasteiger partial charge < -0.3 is 30.1 Å². The van der Waals surface area contributed by atoms with Crippen molar-refractivity contribution in [1.82, 2.24) is 21.3 Å². The van der Waals surface area contributed by atoms with E-state index in [0.29, 0.717) is 48.6 Å². The number of hydrogen-bond acceptors (Lipinski definition) is 6. The second-order valence-electron chi connectivity index (χ2n) is 9.01. The van der Waals surface area contributed by atoms with E-state index in [9.17, 15) is 19.2 Å². The van der Waals surface area contributed by atoms with Crippen molar-refractivity contribution in [3.8, 4) is 0 Å². The van der Waals surface area contributed by atoms with Gasteiger partial charge in [-0.25, -0.2) is 0 Å². The van der Waals surface area contributed by atoms with Crippen LogP contribution in [0.1, 0.15) is 45.1 Å². The van der Waals surface area contributed by atoms with Crippen LogP contribution in [0.3, 0.4) is 0 Å². The van der Waals surface area contributed by atoms with E-state index in [0.717, 1.165) is 0 Å². The molecule has 2 aromatic heterocycles. The summed E-state index contributed by atoms with van der Waals surface area (Å²) < 4.78 is 10.6. The van der Waals surface area contributed by atoms with Crippen LogP contribution >= 0.6 is 0 Å². The number of rotatable bonds is 13. The van der Waals surface area contributed by atoms with Crippen molar-refractivity contribution >= 4 is 35.8 Å². The summed E-state index contributed by atoms with van der Waals surface area (Å²) in [6.07, 6.45) is 6.93. The molecule has 4 aromatic rings. The molecule has 42 heavy (non-hydrogen) atoms. The average molecular weight is 567 g/mol. The quantitative estimate of drug-likeness (QED) is 0.142. The fourth-order valence-electron chi connectivity index (χ4n) is 3.76. The Bertz CT molecular complexity index is 1410. The predicted molar refractivity (Wildman–Crippen MR) is 156 cm³/mol. The highest BCUT2D eigenvalue weighted by atomic mass is 16.3. The molecule has 0 saturated heterocycles. The maximum atomic E-state index is 12.9. The molecule has 0 aliphatic rings. The van der Waals surface area contributed by atoms with Gasteiger partial charge in [-0.15, -0.1) is 0 Å². The smallest absolute Gasteiger partial charge is 0.267 e. The third-order valence-corrected chi connectivity index (χ3v) is 5.89. The van der Waals surface area contributed by atoms with Crippen LogP contribution in [-0.2, 0) is 9.59 Å². The van der Waals surface area contributed by atoms with E-state index in [2.05, 4.69) is 21.3 Å². The first-order chi connectivity index (χ1) is 20.5. The molecule has 4 N–H and O–H groups in total. The normalized spacial score (nSPS) is 11.4. The number of carbonyl (C=O) groups excluding carboxylic acids is 4. The van der Waals surface area contributed by atoms with Crippen molar-refractivity contribution in [2.24, 2.45) is 0 Å². The number of carbonyl (C=O) groups is 4. The second kappa shape index (κ2) is 15.2. The maximum absolute atomic E-state index is 12.9. The van der Waals surface area contributed by atoms with E-state index in [4.69, 9.17) is 8.83 Å². The maximum Gasteiger partial charge on any atom is 0.267 e. The van der Waals surface area contributed by atoms with Crippen LogP contribution in [-0.4, -0.2) is 36.7 Å². The molecule has 2 heterocycles. The molecule has 0 saturated carbocycles. The van der Waals surface area contributed by atoms with Gasteiger partial charge >= 0.3 is 0 Å². The lowest BCUT2D eigenvalue weighted by atomic mass is 10.2. The van der Waals surface area contributed by atoms with Crippen LogP contribution in [0.5, 0.6) is 0 Å². The third kappa shape index (κ3) is 8.95. The van der Waals surface area contributed by atoms with Crippen LogP contribution in [0.2, 0.25) is 0 Å². The number of nitrogens with one attached hydrogen (secondary N) is 4. The van der Waals surface area contributed by atoms with E-state index in [-0.39, 0.29) is 11.4 Å². The van der Waals surface area contributed by atoms with E-state index < -0.39 is 23.6 Å². The Labute approximate surface area is 242 Å². The Morgan fingerprint density at radius 2 is 0.952 bits per heavy atom. The van der Waals surface area contributed by atoms with Gasteiger partial charge in [0.1, 0.15) is 22.9 Å². The highest BCUT2D eigenvalue weighted by molar-refractivity contribution is 6.06. The first-order valence-corrected chi connectivity index (χ1v) is 13.3. The molecular formula is C32H30N4O6. The molecule has 0 bridgehead atoms. The monoisotopic (exact) mass is 566 g/mol. The first kappa shape index (κ1) is 29.3. The van der Waals surface area contributed by atoms with E-state index >= 15 is 0 Å². The molecule has 0 aliphatic heterocycles. The number of benzene rings is 2. The molecule has 4 rings (SSSR count). The van der Waals surface area contributed by atoms with E-state index in [1.807, 2.05) is 0 Å². The predicted octanol–water partition coefficient (Wildman–Crippen LogP) is 4.13. The zero-order valence-electron chi connectivity index (χ0n) is 22.7. The molecule has 0 fully saturated rings. The topological polar surface area (TPSA) is 143 Å². The van der Waals surface area contributed by atoms with Crippen molar-refractivity contribution in [2.45, 2.75) is 12.8 Å². The molecule has 0 unspecified atom stereocenters. The SMILES string of the molecule is O=C(NCCCCNC(=O)/C(=C\c1ccco1)NC(=O)c1ccccc1)/C(=C\c1ccco1)NC(=O)c1ccccc1. The minimum Gasteiger partial charge on any atom is -0.465 e. The molecule has 10 nitrogen and oxygen atoms in total.